The van der Waals surface area contributed by atoms with E-state index >= 15 is 0 Å². The Balaban J connectivity index is 2.35. The number of aromatic nitrogens is 2. The van der Waals surface area contributed by atoms with Gasteiger partial charge in [-0.1, -0.05) is 25.1 Å². The van der Waals surface area contributed by atoms with Gasteiger partial charge in [0.05, 0.1) is 0 Å². The highest BCUT2D eigenvalue weighted by Crippen LogP contribution is 2.24. The minimum atomic E-state index is 0.279. The topological polar surface area (TPSA) is 63.8 Å². The van der Waals surface area contributed by atoms with Gasteiger partial charge in [-0.3, -0.25) is 0 Å². The van der Waals surface area contributed by atoms with Crippen molar-refractivity contribution >= 4 is 17.5 Å². The number of para-hydroxylation sites is 1. The minimum absolute atomic E-state index is 0.279. The average Bonchev–Trinajstić information content (AvgIpc) is 2.32. The Morgan fingerprint density at radius 2 is 2.12 bits per heavy atom. The van der Waals surface area contributed by atoms with Crippen molar-refractivity contribution in [1.29, 1.82) is 0 Å². The lowest BCUT2D eigenvalue weighted by Gasteiger charge is -2.13. The zero-order valence-corrected chi connectivity index (χ0v) is 10.1. The molecule has 0 fully saturated rings. The first-order valence-electron chi connectivity index (χ1n) is 5.64. The van der Waals surface area contributed by atoms with Gasteiger partial charge in [0.1, 0.15) is 5.82 Å². The van der Waals surface area contributed by atoms with Gasteiger partial charge in [0.25, 0.3) is 0 Å². The maximum Gasteiger partial charge on any atom is 0.221 e. The number of rotatable bonds is 3. The summed E-state index contributed by atoms with van der Waals surface area (Å²) >= 11 is 0. The van der Waals surface area contributed by atoms with E-state index in [1.165, 1.54) is 11.1 Å². The van der Waals surface area contributed by atoms with Crippen LogP contribution in [-0.2, 0) is 6.42 Å². The maximum atomic E-state index is 5.56. The molecule has 0 aliphatic rings. The van der Waals surface area contributed by atoms with Crippen LogP contribution in [0.2, 0.25) is 0 Å². The summed E-state index contributed by atoms with van der Waals surface area (Å²) in [6.07, 6.45) is 2.62. The molecule has 1 aromatic carbocycles. The summed E-state index contributed by atoms with van der Waals surface area (Å²) in [5, 5.41) is 3.30. The first kappa shape index (κ1) is 11.4. The molecule has 4 heteroatoms. The van der Waals surface area contributed by atoms with E-state index in [1.54, 1.807) is 6.20 Å². The van der Waals surface area contributed by atoms with Crippen molar-refractivity contribution in [3.05, 3.63) is 41.6 Å². The van der Waals surface area contributed by atoms with E-state index in [2.05, 4.69) is 47.3 Å². The van der Waals surface area contributed by atoms with Crippen LogP contribution in [0.15, 0.2) is 30.5 Å². The number of aryl methyl sites for hydroxylation is 2. The highest BCUT2D eigenvalue weighted by molar-refractivity contribution is 5.64. The van der Waals surface area contributed by atoms with Crippen molar-refractivity contribution in [2.24, 2.45) is 0 Å². The molecule has 3 N–H and O–H groups in total. The third-order valence-corrected chi connectivity index (χ3v) is 2.67. The van der Waals surface area contributed by atoms with Crippen molar-refractivity contribution in [2.75, 3.05) is 11.1 Å². The van der Waals surface area contributed by atoms with Crippen LogP contribution in [0.3, 0.4) is 0 Å². The first-order chi connectivity index (χ1) is 8.20. The molecule has 0 spiro atoms. The van der Waals surface area contributed by atoms with Crippen molar-refractivity contribution < 1.29 is 0 Å². The standard InChI is InChI=1S/C13H16N4/c1-3-10-6-4-5-9(2)12(10)16-11-7-8-15-13(14)17-11/h4-8H,3H2,1-2H3,(H3,14,15,16,17). The SMILES string of the molecule is CCc1cccc(C)c1Nc1ccnc(N)n1. The summed E-state index contributed by atoms with van der Waals surface area (Å²) in [4.78, 5) is 8.01. The van der Waals surface area contributed by atoms with Gasteiger partial charge in [-0.15, -0.1) is 0 Å². The number of nitrogen functional groups attached to an aromatic ring is 1. The van der Waals surface area contributed by atoms with Crippen LogP contribution in [-0.4, -0.2) is 9.97 Å². The van der Waals surface area contributed by atoms with Crippen LogP contribution in [0.5, 0.6) is 0 Å². The van der Waals surface area contributed by atoms with Crippen molar-refractivity contribution in [2.45, 2.75) is 20.3 Å². The molecule has 0 amide bonds. The second-order valence-electron chi connectivity index (χ2n) is 3.89. The Morgan fingerprint density at radius 3 is 2.82 bits per heavy atom. The number of hydrogen-bond donors (Lipinski definition) is 2. The third kappa shape index (κ3) is 2.53. The van der Waals surface area contributed by atoms with E-state index < -0.39 is 0 Å². The zero-order valence-electron chi connectivity index (χ0n) is 10.1. The molecular formula is C13H16N4. The number of nitrogens with zero attached hydrogens (tertiary/aromatic N) is 2. The van der Waals surface area contributed by atoms with Gasteiger partial charge < -0.3 is 11.1 Å². The number of anilines is 3. The summed E-state index contributed by atoms with van der Waals surface area (Å²) in [7, 11) is 0. The zero-order chi connectivity index (χ0) is 12.3. The fraction of sp³-hybridized carbons (Fsp3) is 0.231. The molecule has 0 saturated heterocycles. The van der Waals surface area contributed by atoms with E-state index in [9.17, 15) is 0 Å². The van der Waals surface area contributed by atoms with Gasteiger partial charge in [0.15, 0.2) is 0 Å². The van der Waals surface area contributed by atoms with Crippen LogP contribution in [0.4, 0.5) is 17.5 Å². The van der Waals surface area contributed by atoms with E-state index in [-0.39, 0.29) is 5.95 Å². The second-order valence-corrected chi connectivity index (χ2v) is 3.89. The number of benzene rings is 1. The fourth-order valence-electron chi connectivity index (χ4n) is 1.77. The molecule has 0 bridgehead atoms. The molecule has 0 aliphatic carbocycles. The fourth-order valence-corrected chi connectivity index (χ4v) is 1.77. The molecule has 88 valence electrons. The normalized spacial score (nSPS) is 10.2. The Kier molecular flexibility index (Phi) is 3.23. The lowest BCUT2D eigenvalue weighted by Crippen LogP contribution is -2.02. The van der Waals surface area contributed by atoms with Gasteiger partial charge in [-0.2, -0.15) is 4.98 Å². The van der Waals surface area contributed by atoms with E-state index in [4.69, 9.17) is 5.73 Å². The monoisotopic (exact) mass is 228 g/mol. The Bertz CT molecular complexity index is 523. The number of nitrogens with one attached hydrogen (secondary N) is 1. The number of nitrogens with two attached hydrogens (primary N) is 1. The van der Waals surface area contributed by atoms with Gasteiger partial charge >= 0.3 is 0 Å². The van der Waals surface area contributed by atoms with Crippen LogP contribution in [0.25, 0.3) is 0 Å². The minimum Gasteiger partial charge on any atom is -0.368 e. The molecule has 2 aromatic rings. The molecule has 1 aromatic heterocycles. The van der Waals surface area contributed by atoms with Crippen LogP contribution in [0, 0.1) is 6.92 Å². The lowest BCUT2D eigenvalue weighted by molar-refractivity contribution is 1.12. The van der Waals surface area contributed by atoms with Gasteiger partial charge in [0.2, 0.25) is 5.95 Å². The summed E-state index contributed by atoms with van der Waals surface area (Å²) in [5.74, 6) is 1.00. The highest BCUT2D eigenvalue weighted by Gasteiger charge is 2.05. The molecule has 1 heterocycles. The van der Waals surface area contributed by atoms with E-state index in [1.807, 2.05) is 6.07 Å². The molecule has 0 radical (unpaired) electrons. The third-order valence-electron chi connectivity index (χ3n) is 2.67. The summed E-state index contributed by atoms with van der Waals surface area (Å²) in [5.41, 5.74) is 9.13. The Morgan fingerprint density at radius 1 is 1.29 bits per heavy atom. The maximum absolute atomic E-state index is 5.56. The highest BCUT2D eigenvalue weighted by atomic mass is 15.1. The average molecular weight is 228 g/mol. The first-order valence-corrected chi connectivity index (χ1v) is 5.64. The predicted molar refractivity (Wildman–Crippen MR) is 70.3 cm³/mol. The largest absolute Gasteiger partial charge is 0.368 e. The summed E-state index contributed by atoms with van der Waals surface area (Å²) in [6, 6.07) is 8.06. The summed E-state index contributed by atoms with van der Waals surface area (Å²) in [6.45, 7) is 4.21. The summed E-state index contributed by atoms with van der Waals surface area (Å²) < 4.78 is 0. The van der Waals surface area contributed by atoms with Gasteiger partial charge in [0, 0.05) is 11.9 Å². The molecule has 0 unspecified atom stereocenters. The van der Waals surface area contributed by atoms with E-state index in [0.717, 1.165) is 17.9 Å². The quantitative estimate of drug-likeness (QED) is 0.847. The molecule has 4 nitrogen and oxygen atoms in total. The van der Waals surface area contributed by atoms with Crippen LogP contribution in [0.1, 0.15) is 18.1 Å². The smallest absolute Gasteiger partial charge is 0.221 e. The van der Waals surface area contributed by atoms with Crippen molar-refractivity contribution in [1.82, 2.24) is 9.97 Å². The molecule has 2 rings (SSSR count). The van der Waals surface area contributed by atoms with Gasteiger partial charge in [-0.25, -0.2) is 4.98 Å². The second kappa shape index (κ2) is 4.82. The Hall–Kier alpha value is -2.10. The molecule has 0 aliphatic heterocycles. The lowest BCUT2D eigenvalue weighted by atomic mass is 10.1. The van der Waals surface area contributed by atoms with E-state index in [0.29, 0.717) is 0 Å². The Labute approximate surface area is 101 Å². The molecular weight excluding hydrogens is 212 g/mol. The molecule has 0 saturated carbocycles. The number of hydrogen-bond acceptors (Lipinski definition) is 4. The van der Waals surface area contributed by atoms with Crippen molar-refractivity contribution in [3.8, 4) is 0 Å². The molecule has 0 atom stereocenters. The van der Waals surface area contributed by atoms with Crippen molar-refractivity contribution in [3.63, 3.8) is 0 Å². The van der Waals surface area contributed by atoms with Crippen LogP contribution < -0.4 is 11.1 Å². The van der Waals surface area contributed by atoms with Gasteiger partial charge in [-0.05, 0) is 30.5 Å². The van der Waals surface area contributed by atoms with Crippen LogP contribution >= 0.6 is 0 Å². The molecule has 17 heavy (non-hydrogen) atoms. The predicted octanol–water partition coefficient (Wildman–Crippen LogP) is 2.67.